The van der Waals surface area contributed by atoms with Gasteiger partial charge in [-0.05, 0) is 31.4 Å². The van der Waals surface area contributed by atoms with E-state index in [0.29, 0.717) is 25.9 Å². The molecule has 112 valence electrons. The van der Waals surface area contributed by atoms with Gasteiger partial charge >= 0.3 is 5.97 Å². The first-order valence-corrected chi connectivity index (χ1v) is 7.21. The van der Waals surface area contributed by atoms with Crippen molar-refractivity contribution in [2.45, 2.75) is 19.8 Å². The normalized spacial score (nSPS) is 16.2. The molecule has 2 rings (SSSR count). The first kappa shape index (κ1) is 15.3. The van der Waals surface area contributed by atoms with Crippen LogP contribution in [0.5, 0.6) is 0 Å². The number of carbonyl (C=O) groups excluding carboxylic acids is 2. The number of amides is 1. The van der Waals surface area contributed by atoms with Crippen LogP contribution in [0.3, 0.4) is 0 Å². The highest BCUT2D eigenvalue weighted by Gasteiger charge is 2.26. The topological polar surface area (TPSA) is 46.6 Å². The van der Waals surface area contributed by atoms with Crippen LogP contribution in [-0.2, 0) is 14.3 Å². The molecule has 0 aliphatic carbocycles. The van der Waals surface area contributed by atoms with Crippen molar-refractivity contribution in [2.75, 3.05) is 20.2 Å². The molecule has 1 aromatic rings. The molecule has 1 aliphatic heterocycles. The molecule has 0 unspecified atom stereocenters. The van der Waals surface area contributed by atoms with Crippen LogP contribution in [0.4, 0.5) is 0 Å². The summed E-state index contributed by atoms with van der Waals surface area (Å²) in [5.74, 6) is -0.239. The van der Waals surface area contributed by atoms with Gasteiger partial charge in [-0.15, -0.1) is 0 Å². The van der Waals surface area contributed by atoms with Crippen LogP contribution in [0.2, 0.25) is 0 Å². The molecule has 0 radical (unpaired) electrons. The Bertz CT molecular complexity index is 543. The molecule has 1 amide bonds. The summed E-state index contributed by atoms with van der Waals surface area (Å²) in [5, 5.41) is 0. The zero-order valence-corrected chi connectivity index (χ0v) is 12.5. The summed E-state index contributed by atoms with van der Waals surface area (Å²) in [6.07, 6.45) is 4.79. The van der Waals surface area contributed by atoms with Crippen LogP contribution in [0, 0.1) is 12.8 Å². The summed E-state index contributed by atoms with van der Waals surface area (Å²) < 4.78 is 4.75. The van der Waals surface area contributed by atoms with Crippen LogP contribution in [-0.4, -0.2) is 37.0 Å². The third-order valence-corrected chi connectivity index (χ3v) is 3.80. The minimum Gasteiger partial charge on any atom is -0.469 e. The lowest BCUT2D eigenvalue weighted by Gasteiger charge is -2.29. The van der Waals surface area contributed by atoms with E-state index in [1.54, 1.807) is 11.0 Å². The maximum Gasteiger partial charge on any atom is 0.308 e. The number of benzene rings is 1. The second-order valence-corrected chi connectivity index (χ2v) is 5.37. The van der Waals surface area contributed by atoms with Gasteiger partial charge in [0.15, 0.2) is 0 Å². The fourth-order valence-corrected chi connectivity index (χ4v) is 2.55. The van der Waals surface area contributed by atoms with Crippen molar-refractivity contribution in [3.63, 3.8) is 0 Å². The van der Waals surface area contributed by atoms with E-state index in [9.17, 15) is 9.59 Å². The van der Waals surface area contributed by atoms with E-state index >= 15 is 0 Å². The minimum absolute atomic E-state index is 0.000165. The molecule has 21 heavy (non-hydrogen) atoms. The van der Waals surface area contributed by atoms with Crippen molar-refractivity contribution in [2.24, 2.45) is 5.92 Å². The SMILES string of the molecule is COC(=O)C1CCN(C(=O)/C=C/c2cccc(C)c2)CC1. The summed E-state index contributed by atoms with van der Waals surface area (Å²) in [5.41, 5.74) is 2.19. The Morgan fingerprint density at radius 1 is 1.29 bits per heavy atom. The van der Waals surface area contributed by atoms with Crippen LogP contribution >= 0.6 is 0 Å². The summed E-state index contributed by atoms with van der Waals surface area (Å²) in [7, 11) is 1.41. The molecule has 0 atom stereocenters. The number of hydrogen-bond donors (Lipinski definition) is 0. The number of hydrogen-bond acceptors (Lipinski definition) is 3. The first-order valence-electron chi connectivity index (χ1n) is 7.21. The molecule has 0 spiro atoms. The summed E-state index contributed by atoms with van der Waals surface area (Å²) in [6.45, 7) is 3.24. The molecule has 0 bridgehead atoms. The molecule has 1 aromatic carbocycles. The van der Waals surface area contributed by atoms with Crippen molar-refractivity contribution >= 4 is 18.0 Å². The van der Waals surface area contributed by atoms with Gasteiger partial charge in [0.2, 0.25) is 5.91 Å². The van der Waals surface area contributed by atoms with Gasteiger partial charge < -0.3 is 9.64 Å². The number of nitrogens with zero attached hydrogens (tertiary/aromatic N) is 1. The molecule has 1 heterocycles. The summed E-state index contributed by atoms with van der Waals surface area (Å²) in [6, 6.07) is 8.01. The third kappa shape index (κ3) is 4.18. The number of esters is 1. The summed E-state index contributed by atoms with van der Waals surface area (Å²) >= 11 is 0. The fraction of sp³-hybridized carbons (Fsp3) is 0.412. The average molecular weight is 287 g/mol. The highest BCUT2D eigenvalue weighted by molar-refractivity contribution is 5.92. The molecule has 0 N–H and O–H groups in total. The Labute approximate surface area is 125 Å². The molecule has 0 aromatic heterocycles. The van der Waals surface area contributed by atoms with Gasteiger partial charge in [-0.3, -0.25) is 9.59 Å². The van der Waals surface area contributed by atoms with Crippen molar-refractivity contribution in [1.82, 2.24) is 4.90 Å². The predicted molar refractivity (Wildman–Crippen MR) is 81.5 cm³/mol. The standard InChI is InChI=1S/C17H21NO3/c1-13-4-3-5-14(12-13)6-7-16(19)18-10-8-15(9-11-18)17(20)21-2/h3-7,12,15H,8-11H2,1-2H3/b7-6+. The molecule has 1 aliphatic rings. The smallest absolute Gasteiger partial charge is 0.308 e. The third-order valence-electron chi connectivity index (χ3n) is 3.80. The van der Waals surface area contributed by atoms with E-state index < -0.39 is 0 Å². The van der Waals surface area contributed by atoms with Crippen molar-refractivity contribution in [3.05, 3.63) is 41.5 Å². The highest BCUT2D eigenvalue weighted by Crippen LogP contribution is 2.18. The van der Waals surface area contributed by atoms with Gasteiger partial charge in [-0.1, -0.05) is 29.8 Å². The number of aryl methyl sites for hydroxylation is 1. The van der Waals surface area contributed by atoms with Gasteiger partial charge in [-0.25, -0.2) is 0 Å². The molecule has 1 saturated heterocycles. The largest absolute Gasteiger partial charge is 0.469 e. The van der Waals surface area contributed by atoms with Crippen LogP contribution in [0.15, 0.2) is 30.3 Å². The molecule has 0 saturated carbocycles. The Kier molecular flexibility index (Phi) is 5.14. The Balaban J connectivity index is 1.89. The molecule has 4 heteroatoms. The van der Waals surface area contributed by atoms with Gasteiger partial charge in [0.05, 0.1) is 13.0 Å². The number of rotatable bonds is 3. The monoisotopic (exact) mass is 287 g/mol. The first-order chi connectivity index (χ1) is 10.1. The van der Waals surface area contributed by atoms with Gasteiger partial charge in [-0.2, -0.15) is 0 Å². The average Bonchev–Trinajstić information content (AvgIpc) is 2.52. The van der Waals surface area contributed by atoms with E-state index in [4.69, 9.17) is 4.74 Å². The number of piperidine rings is 1. The van der Waals surface area contributed by atoms with Gasteiger partial charge in [0, 0.05) is 19.2 Å². The lowest BCUT2D eigenvalue weighted by molar-refractivity contribution is -0.148. The highest BCUT2D eigenvalue weighted by atomic mass is 16.5. The van der Waals surface area contributed by atoms with Crippen LogP contribution in [0.25, 0.3) is 6.08 Å². The van der Waals surface area contributed by atoms with E-state index in [2.05, 4.69) is 0 Å². The quantitative estimate of drug-likeness (QED) is 0.633. The Morgan fingerprint density at radius 2 is 2.00 bits per heavy atom. The minimum atomic E-state index is -0.169. The maximum absolute atomic E-state index is 12.1. The molecule has 4 nitrogen and oxygen atoms in total. The van der Waals surface area contributed by atoms with Gasteiger partial charge in [0.25, 0.3) is 0 Å². The van der Waals surface area contributed by atoms with E-state index in [1.165, 1.54) is 12.7 Å². The second-order valence-electron chi connectivity index (χ2n) is 5.37. The molecular weight excluding hydrogens is 266 g/mol. The van der Waals surface area contributed by atoms with Gasteiger partial charge in [0.1, 0.15) is 0 Å². The number of methoxy groups -OCH3 is 1. The number of likely N-dealkylation sites (tertiary alicyclic amines) is 1. The maximum atomic E-state index is 12.1. The number of ether oxygens (including phenoxy) is 1. The zero-order valence-electron chi connectivity index (χ0n) is 12.5. The number of carbonyl (C=O) groups is 2. The van der Waals surface area contributed by atoms with Crippen molar-refractivity contribution in [1.29, 1.82) is 0 Å². The van der Waals surface area contributed by atoms with Crippen molar-refractivity contribution in [3.8, 4) is 0 Å². The Morgan fingerprint density at radius 3 is 2.62 bits per heavy atom. The lowest BCUT2D eigenvalue weighted by atomic mass is 9.97. The van der Waals surface area contributed by atoms with Crippen LogP contribution < -0.4 is 0 Å². The second kappa shape index (κ2) is 7.07. The fourth-order valence-electron chi connectivity index (χ4n) is 2.55. The summed E-state index contributed by atoms with van der Waals surface area (Å²) in [4.78, 5) is 25.4. The van der Waals surface area contributed by atoms with E-state index in [0.717, 1.165) is 5.56 Å². The zero-order chi connectivity index (χ0) is 15.2. The van der Waals surface area contributed by atoms with Crippen molar-refractivity contribution < 1.29 is 14.3 Å². The Hall–Kier alpha value is -2.10. The molecule has 1 fully saturated rings. The van der Waals surface area contributed by atoms with E-state index in [-0.39, 0.29) is 17.8 Å². The van der Waals surface area contributed by atoms with E-state index in [1.807, 2.05) is 37.3 Å². The predicted octanol–water partition coefficient (Wildman–Crippen LogP) is 2.42. The molecular formula is C17H21NO3. The lowest BCUT2D eigenvalue weighted by Crippen LogP contribution is -2.39. The van der Waals surface area contributed by atoms with Crippen LogP contribution in [0.1, 0.15) is 24.0 Å².